The Morgan fingerprint density at radius 1 is 1.16 bits per heavy atom. The second kappa shape index (κ2) is 5.45. The Morgan fingerprint density at radius 3 is 2.53 bits per heavy atom. The monoisotopic (exact) mass is 274 g/mol. The van der Waals surface area contributed by atoms with Crippen LogP contribution in [0.15, 0.2) is 36.4 Å². The molecule has 0 bridgehead atoms. The molecule has 2 aromatic carbocycles. The van der Waals surface area contributed by atoms with Gasteiger partial charge in [-0.3, -0.25) is 4.79 Å². The predicted molar refractivity (Wildman–Crippen MR) is 77.7 cm³/mol. The van der Waals surface area contributed by atoms with Gasteiger partial charge in [-0.2, -0.15) is 0 Å². The van der Waals surface area contributed by atoms with E-state index < -0.39 is 5.97 Å². The van der Waals surface area contributed by atoms with E-state index in [1.807, 2.05) is 26.0 Å². The van der Waals surface area contributed by atoms with Gasteiger partial charge in [0.05, 0.1) is 6.42 Å². The summed E-state index contributed by atoms with van der Waals surface area (Å²) in [5.74, 6) is -0.874. The average molecular weight is 275 g/mol. The molecule has 0 amide bonds. The average Bonchev–Trinajstić information content (AvgIpc) is 2.34. The van der Waals surface area contributed by atoms with Crippen molar-refractivity contribution in [2.75, 3.05) is 0 Å². The number of benzene rings is 2. The zero-order chi connectivity index (χ0) is 14.0. The summed E-state index contributed by atoms with van der Waals surface area (Å²) in [6, 6.07) is 11.8. The van der Waals surface area contributed by atoms with Crippen molar-refractivity contribution in [3.63, 3.8) is 0 Å². The van der Waals surface area contributed by atoms with E-state index in [4.69, 9.17) is 16.7 Å². The summed E-state index contributed by atoms with van der Waals surface area (Å²) >= 11 is 6.15. The number of halogens is 1. The number of rotatable bonds is 3. The number of aliphatic carboxylic acids is 1. The summed E-state index contributed by atoms with van der Waals surface area (Å²) in [5.41, 5.74) is 5.14. The van der Waals surface area contributed by atoms with E-state index in [1.165, 1.54) is 11.1 Å². The Morgan fingerprint density at radius 2 is 1.89 bits per heavy atom. The van der Waals surface area contributed by atoms with Crippen LogP contribution in [0.25, 0.3) is 11.1 Å². The first-order valence-corrected chi connectivity index (χ1v) is 6.43. The van der Waals surface area contributed by atoms with Crippen LogP contribution in [0, 0.1) is 13.8 Å². The maximum absolute atomic E-state index is 10.7. The summed E-state index contributed by atoms with van der Waals surface area (Å²) in [7, 11) is 0. The van der Waals surface area contributed by atoms with Crippen molar-refractivity contribution < 1.29 is 9.90 Å². The fourth-order valence-corrected chi connectivity index (χ4v) is 2.32. The molecule has 0 atom stereocenters. The highest BCUT2D eigenvalue weighted by Crippen LogP contribution is 2.29. The zero-order valence-corrected chi connectivity index (χ0v) is 11.7. The minimum Gasteiger partial charge on any atom is -0.481 e. The molecule has 2 aromatic rings. The molecule has 2 nitrogen and oxygen atoms in total. The maximum atomic E-state index is 10.7. The van der Waals surface area contributed by atoms with Gasteiger partial charge < -0.3 is 5.11 Å². The number of carboxylic acid groups (broad SMARTS) is 1. The molecule has 0 fully saturated rings. The number of hydrogen-bond donors (Lipinski definition) is 1. The quantitative estimate of drug-likeness (QED) is 0.908. The molecule has 98 valence electrons. The Balaban J connectivity index is 2.44. The third-order valence-corrected chi connectivity index (χ3v) is 3.45. The molecule has 19 heavy (non-hydrogen) atoms. The van der Waals surface area contributed by atoms with E-state index >= 15 is 0 Å². The van der Waals surface area contributed by atoms with Gasteiger partial charge in [-0.1, -0.05) is 47.5 Å². The van der Waals surface area contributed by atoms with Crippen LogP contribution in [-0.4, -0.2) is 11.1 Å². The van der Waals surface area contributed by atoms with Gasteiger partial charge in [0.15, 0.2) is 0 Å². The van der Waals surface area contributed by atoms with Crippen LogP contribution < -0.4 is 0 Å². The first-order chi connectivity index (χ1) is 8.97. The normalized spacial score (nSPS) is 10.5. The Labute approximate surface area is 117 Å². The molecule has 0 aliphatic heterocycles. The summed E-state index contributed by atoms with van der Waals surface area (Å²) in [6.45, 7) is 4.09. The van der Waals surface area contributed by atoms with Crippen LogP contribution in [-0.2, 0) is 11.2 Å². The van der Waals surface area contributed by atoms with Gasteiger partial charge in [-0.05, 0) is 42.2 Å². The van der Waals surface area contributed by atoms with Crippen molar-refractivity contribution in [1.82, 2.24) is 0 Å². The van der Waals surface area contributed by atoms with E-state index in [1.54, 1.807) is 6.07 Å². The molecule has 1 N–H and O–H groups in total. The van der Waals surface area contributed by atoms with Crippen molar-refractivity contribution in [3.05, 3.63) is 58.1 Å². The first kappa shape index (κ1) is 13.6. The van der Waals surface area contributed by atoms with E-state index in [2.05, 4.69) is 18.2 Å². The first-order valence-electron chi connectivity index (χ1n) is 6.05. The van der Waals surface area contributed by atoms with Crippen LogP contribution in [0.1, 0.15) is 16.7 Å². The molecule has 0 unspecified atom stereocenters. The molecular formula is C16H15ClO2. The zero-order valence-electron chi connectivity index (χ0n) is 10.9. The maximum Gasteiger partial charge on any atom is 0.307 e. The van der Waals surface area contributed by atoms with Gasteiger partial charge in [-0.25, -0.2) is 0 Å². The molecule has 0 radical (unpaired) electrons. The molecule has 0 aliphatic carbocycles. The lowest BCUT2D eigenvalue weighted by atomic mass is 9.97. The van der Waals surface area contributed by atoms with Gasteiger partial charge in [0.25, 0.3) is 0 Å². The summed E-state index contributed by atoms with van der Waals surface area (Å²) in [5, 5.41) is 9.30. The number of aryl methyl sites for hydroxylation is 2. The van der Waals surface area contributed by atoms with Crippen molar-refractivity contribution in [2.45, 2.75) is 20.3 Å². The van der Waals surface area contributed by atoms with Gasteiger partial charge in [0.1, 0.15) is 0 Å². The van der Waals surface area contributed by atoms with Crippen molar-refractivity contribution in [1.29, 1.82) is 0 Å². The Kier molecular flexibility index (Phi) is 3.91. The molecule has 3 heteroatoms. The van der Waals surface area contributed by atoms with Crippen LogP contribution in [0.2, 0.25) is 5.02 Å². The van der Waals surface area contributed by atoms with Gasteiger partial charge in [0, 0.05) is 5.02 Å². The smallest absolute Gasteiger partial charge is 0.307 e. The van der Waals surface area contributed by atoms with Crippen LogP contribution in [0.5, 0.6) is 0 Å². The lowest BCUT2D eigenvalue weighted by Gasteiger charge is -2.09. The van der Waals surface area contributed by atoms with E-state index in [0.29, 0.717) is 10.6 Å². The molecule has 0 spiro atoms. The van der Waals surface area contributed by atoms with Crippen molar-refractivity contribution >= 4 is 17.6 Å². The fraction of sp³-hybridized carbons (Fsp3) is 0.188. The minimum atomic E-state index is -0.874. The minimum absolute atomic E-state index is 0.0497. The Hall–Kier alpha value is -1.80. The highest BCUT2D eigenvalue weighted by molar-refractivity contribution is 6.31. The van der Waals surface area contributed by atoms with E-state index in [-0.39, 0.29) is 6.42 Å². The topological polar surface area (TPSA) is 37.3 Å². The van der Waals surface area contributed by atoms with Crippen LogP contribution in [0.4, 0.5) is 0 Å². The van der Waals surface area contributed by atoms with Crippen molar-refractivity contribution in [3.8, 4) is 11.1 Å². The van der Waals surface area contributed by atoms with Crippen LogP contribution >= 0.6 is 11.6 Å². The lowest BCUT2D eigenvalue weighted by molar-refractivity contribution is -0.136. The number of carboxylic acids is 1. The standard InChI is InChI=1S/C16H15ClO2/c1-10-3-4-11(2)14(7-10)12-5-6-13(9-16(18)19)15(17)8-12/h3-8H,9H2,1-2H3,(H,18,19). The molecule has 0 aliphatic rings. The summed E-state index contributed by atoms with van der Waals surface area (Å²) < 4.78 is 0. The molecule has 0 heterocycles. The lowest BCUT2D eigenvalue weighted by Crippen LogP contribution is -2.00. The summed E-state index contributed by atoms with van der Waals surface area (Å²) in [6.07, 6.45) is -0.0497. The predicted octanol–water partition coefficient (Wildman–Crippen LogP) is 4.25. The molecular weight excluding hydrogens is 260 g/mol. The van der Waals surface area contributed by atoms with Crippen molar-refractivity contribution in [2.24, 2.45) is 0 Å². The van der Waals surface area contributed by atoms with E-state index in [9.17, 15) is 4.79 Å². The highest BCUT2D eigenvalue weighted by Gasteiger charge is 2.08. The Bertz CT molecular complexity index is 633. The molecule has 0 saturated carbocycles. The molecule has 0 aromatic heterocycles. The third kappa shape index (κ3) is 3.15. The molecule has 2 rings (SSSR count). The van der Waals surface area contributed by atoms with E-state index in [0.717, 1.165) is 11.1 Å². The van der Waals surface area contributed by atoms with Gasteiger partial charge >= 0.3 is 5.97 Å². The third-order valence-electron chi connectivity index (χ3n) is 3.10. The van der Waals surface area contributed by atoms with Crippen LogP contribution in [0.3, 0.4) is 0 Å². The van der Waals surface area contributed by atoms with Gasteiger partial charge in [0.2, 0.25) is 0 Å². The highest BCUT2D eigenvalue weighted by atomic mass is 35.5. The largest absolute Gasteiger partial charge is 0.481 e. The fourth-order valence-electron chi connectivity index (χ4n) is 2.07. The molecule has 0 saturated heterocycles. The SMILES string of the molecule is Cc1ccc(C)c(-c2ccc(CC(=O)O)c(Cl)c2)c1. The number of hydrogen-bond acceptors (Lipinski definition) is 1. The number of carbonyl (C=O) groups is 1. The van der Waals surface area contributed by atoms with Gasteiger partial charge in [-0.15, -0.1) is 0 Å². The summed E-state index contributed by atoms with van der Waals surface area (Å²) in [4.78, 5) is 10.7. The second-order valence-electron chi connectivity index (χ2n) is 4.70. The second-order valence-corrected chi connectivity index (χ2v) is 5.10.